The van der Waals surface area contributed by atoms with E-state index in [1.165, 1.54) is 15.9 Å². The summed E-state index contributed by atoms with van der Waals surface area (Å²) >= 11 is 0. The Morgan fingerprint density at radius 1 is 1.00 bits per heavy atom. The summed E-state index contributed by atoms with van der Waals surface area (Å²) in [5.74, 6) is 0.433. The van der Waals surface area contributed by atoms with Gasteiger partial charge < -0.3 is 10.1 Å². The summed E-state index contributed by atoms with van der Waals surface area (Å²) in [6.07, 6.45) is 3.85. The first-order valence-corrected chi connectivity index (χ1v) is 12.7. The third-order valence-corrected chi connectivity index (χ3v) is 7.57. The fraction of sp³-hybridized carbons (Fsp3) is 0.480. The highest BCUT2D eigenvalue weighted by atomic mass is 32.2. The van der Waals surface area contributed by atoms with E-state index in [0.29, 0.717) is 31.8 Å². The lowest BCUT2D eigenvalue weighted by molar-refractivity contribution is 0.0946. The van der Waals surface area contributed by atoms with Crippen LogP contribution in [0.5, 0.6) is 5.75 Å². The lowest BCUT2D eigenvalue weighted by Crippen LogP contribution is -2.32. The van der Waals surface area contributed by atoms with E-state index in [-0.39, 0.29) is 16.2 Å². The molecule has 0 aliphatic carbocycles. The minimum Gasteiger partial charge on any atom is -0.492 e. The average Bonchev–Trinajstić information content (AvgIpc) is 3.07. The number of hydrogen-bond acceptors (Lipinski definition) is 4. The standard InChI is InChI=1S/C25H34N2O4S/c1-25(2,3)21-11-13-22(14-12-21)31-18-15-26-24(28)20-9-8-10-23(19-20)32(29,30)27-16-6-4-5-7-17-27/h8-14,19H,4-7,15-18H2,1-3H3,(H,26,28). The zero-order valence-corrected chi connectivity index (χ0v) is 20.1. The van der Waals surface area contributed by atoms with Crippen LogP contribution in [0, 0.1) is 0 Å². The smallest absolute Gasteiger partial charge is 0.251 e. The second-order valence-electron chi connectivity index (χ2n) is 9.22. The quantitative estimate of drug-likeness (QED) is 0.626. The van der Waals surface area contributed by atoms with Gasteiger partial charge in [-0.3, -0.25) is 4.79 Å². The number of sulfonamides is 1. The zero-order valence-electron chi connectivity index (χ0n) is 19.3. The number of benzene rings is 2. The molecule has 1 amide bonds. The SMILES string of the molecule is CC(C)(C)c1ccc(OCCNC(=O)c2cccc(S(=O)(=O)N3CCCCCC3)c2)cc1. The topological polar surface area (TPSA) is 75.7 Å². The molecule has 3 rings (SSSR count). The Hall–Kier alpha value is -2.38. The van der Waals surface area contributed by atoms with Crippen LogP contribution in [-0.4, -0.2) is 44.9 Å². The van der Waals surface area contributed by atoms with Crippen LogP contribution in [0.2, 0.25) is 0 Å². The van der Waals surface area contributed by atoms with Crippen LogP contribution >= 0.6 is 0 Å². The largest absolute Gasteiger partial charge is 0.492 e. The molecule has 1 aliphatic rings. The maximum atomic E-state index is 13.0. The second kappa shape index (κ2) is 10.5. The monoisotopic (exact) mass is 458 g/mol. The van der Waals surface area contributed by atoms with Gasteiger partial charge in [-0.05, 0) is 54.2 Å². The number of carbonyl (C=O) groups excluding carboxylic acids is 1. The summed E-state index contributed by atoms with van der Waals surface area (Å²) < 4.78 is 33.2. The van der Waals surface area contributed by atoms with Crippen LogP contribution in [0.3, 0.4) is 0 Å². The molecule has 7 heteroatoms. The van der Waals surface area contributed by atoms with Crippen molar-refractivity contribution in [1.29, 1.82) is 0 Å². The van der Waals surface area contributed by atoms with Gasteiger partial charge >= 0.3 is 0 Å². The summed E-state index contributed by atoms with van der Waals surface area (Å²) in [4.78, 5) is 12.7. The van der Waals surface area contributed by atoms with Crippen molar-refractivity contribution < 1.29 is 17.9 Å². The molecule has 1 heterocycles. The number of nitrogens with zero attached hydrogens (tertiary/aromatic N) is 1. The van der Waals surface area contributed by atoms with Gasteiger partial charge in [0.05, 0.1) is 11.4 Å². The minimum atomic E-state index is -3.59. The highest BCUT2D eigenvalue weighted by molar-refractivity contribution is 7.89. The van der Waals surface area contributed by atoms with Crippen molar-refractivity contribution in [2.75, 3.05) is 26.2 Å². The van der Waals surface area contributed by atoms with Gasteiger partial charge in [-0.2, -0.15) is 4.31 Å². The van der Waals surface area contributed by atoms with E-state index in [9.17, 15) is 13.2 Å². The van der Waals surface area contributed by atoms with Crippen LogP contribution in [0.4, 0.5) is 0 Å². The number of amides is 1. The number of rotatable bonds is 7. The Morgan fingerprint density at radius 2 is 1.66 bits per heavy atom. The molecular weight excluding hydrogens is 424 g/mol. The summed E-state index contributed by atoms with van der Waals surface area (Å²) in [6, 6.07) is 14.2. The summed E-state index contributed by atoms with van der Waals surface area (Å²) in [5, 5.41) is 2.80. The fourth-order valence-corrected chi connectivity index (χ4v) is 5.28. The lowest BCUT2D eigenvalue weighted by Gasteiger charge is -2.20. The molecule has 0 unspecified atom stereocenters. The predicted molar refractivity (Wildman–Crippen MR) is 127 cm³/mol. The zero-order chi connectivity index (χ0) is 23.2. The summed E-state index contributed by atoms with van der Waals surface area (Å²) in [6.45, 7) is 8.20. The van der Waals surface area contributed by atoms with Crippen molar-refractivity contribution in [3.63, 3.8) is 0 Å². The summed E-state index contributed by atoms with van der Waals surface area (Å²) in [5.41, 5.74) is 1.64. The molecule has 1 aliphatic heterocycles. The van der Waals surface area contributed by atoms with Crippen LogP contribution < -0.4 is 10.1 Å². The Bertz CT molecular complexity index is 1000. The van der Waals surface area contributed by atoms with Crippen molar-refractivity contribution in [1.82, 2.24) is 9.62 Å². The first-order valence-electron chi connectivity index (χ1n) is 11.3. The Balaban J connectivity index is 1.54. The molecule has 1 saturated heterocycles. The summed E-state index contributed by atoms with van der Waals surface area (Å²) in [7, 11) is -3.59. The van der Waals surface area contributed by atoms with Crippen molar-refractivity contribution in [2.45, 2.75) is 56.8 Å². The van der Waals surface area contributed by atoms with E-state index >= 15 is 0 Å². The normalized spacial score (nSPS) is 15.7. The predicted octanol–water partition coefficient (Wildman–Crippen LogP) is 4.36. The maximum absolute atomic E-state index is 13.0. The minimum absolute atomic E-state index is 0.0851. The van der Waals surface area contributed by atoms with Crippen molar-refractivity contribution in [2.24, 2.45) is 0 Å². The fourth-order valence-electron chi connectivity index (χ4n) is 3.72. The highest BCUT2D eigenvalue weighted by Gasteiger charge is 2.25. The van der Waals surface area contributed by atoms with Gasteiger partial charge in [0, 0.05) is 18.7 Å². The van der Waals surface area contributed by atoms with Gasteiger partial charge in [-0.25, -0.2) is 8.42 Å². The van der Waals surface area contributed by atoms with E-state index in [4.69, 9.17) is 4.74 Å². The Morgan fingerprint density at radius 3 is 2.28 bits per heavy atom. The molecule has 6 nitrogen and oxygen atoms in total. The molecule has 0 spiro atoms. The van der Waals surface area contributed by atoms with Gasteiger partial charge in [0.25, 0.3) is 5.91 Å². The van der Waals surface area contributed by atoms with E-state index in [0.717, 1.165) is 31.4 Å². The second-order valence-corrected chi connectivity index (χ2v) is 11.2. The Kier molecular flexibility index (Phi) is 7.96. The van der Waals surface area contributed by atoms with Crippen LogP contribution in [0.15, 0.2) is 53.4 Å². The first kappa shape index (κ1) is 24.3. The van der Waals surface area contributed by atoms with Gasteiger partial charge in [0.2, 0.25) is 10.0 Å². The van der Waals surface area contributed by atoms with Gasteiger partial charge in [-0.15, -0.1) is 0 Å². The first-order chi connectivity index (χ1) is 15.2. The van der Waals surface area contributed by atoms with Gasteiger partial charge in [-0.1, -0.05) is 51.8 Å². The maximum Gasteiger partial charge on any atom is 0.251 e. The van der Waals surface area contributed by atoms with Gasteiger partial charge in [0.15, 0.2) is 0 Å². The van der Waals surface area contributed by atoms with Gasteiger partial charge in [0.1, 0.15) is 12.4 Å². The number of carbonyl (C=O) groups is 1. The molecule has 0 bridgehead atoms. The molecule has 1 fully saturated rings. The van der Waals surface area contributed by atoms with Crippen molar-refractivity contribution >= 4 is 15.9 Å². The third kappa shape index (κ3) is 6.33. The van der Waals surface area contributed by atoms with E-state index < -0.39 is 10.0 Å². The molecule has 2 aromatic carbocycles. The molecule has 0 aromatic heterocycles. The molecule has 174 valence electrons. The highest BCUT2D eigenvalue weighted by Crippen LogP contribution is 2.24. The van der Waals surface area contributed by atoms with Crippen LogP contribution in [0.25, 0.3) is 0 Å². The van der Waals surface area contributed by atoms with E-state index in [2.05, 4.69) is 26.1 Å². The number of hydrogen-bond donors (Lipinski definition) is 1. The van der Waals surface area contributed by atoms with Crippen LogP contribution in [-0.2, 0) is 15.4 Å². The molecule has 1 N–H and O–H groups in total. The molecule has 0 atom stereocenters. The van der Waals surface area contributed by atoms with E-state index in [1.807, 2.05) is 24.3 Å². The third-order valence-electron chi connectivity index (χ3n) is 5.68. The molecule has 32 heavy (non-hydrogen) atoms. The molecule has 2 aromatic rings. The molecule has 0 radical (unpaired) electrons. The Labute approximate surface area is 192 Å². The molecular formula is C25H34N2O4S. The number of ether oxygens (including phenoxy) is 1. The molecule has 0 saturated carbocycles. The van der Waals surface area contributed by atoms with E-state index in [1.54, 1.807) is 18.2 Å². The lowest BCUT2D eigenvalue weighted by atomic mass is 9.87. The average molecular weight is 459 g/mol. The number of nitrogens with one attached hydrogen (secondary N) is 1. The van der Waals surface area contributed by atoms with Crippen molar-refractivity contribution in [3.8, 4) is 5.75 Å². The van der Waals surface area contributed by atoms with Crippen LogP contribution in [0.1, 0.15) is 62.4 Å². The van der Waals surface area contributed by atoms with Crippen molar-refractivity contribution in [3.05, 3.63) is 59.7 Å².